The van der Waals surface area contributed by atoms with E-state index in [9.17, 15) is 18.0 Å². The fraction of sp³-hybridized carbons (Fsp3) is 0.500. The molecule has 0 atom stereocenters. The average molecular weight is 330 g/mol. The Morgan fingerprint density at radius 3 is 2.87 bits per heavy atom. The molecular formula is C12H13F3N6O2. The fourth-order valence-electron chi connectivity index (χ4n) is 2.13. The maximum Gasteiger partial charge on any atom is 0.453 e. The van der Waals surface area contributed by atoms with Gasteiger partial charge < -0.3 is 5.32 Å². The third kappa shape index (κ3) is 3.18. The molecule has 1 fully saturated rings. The van der Waals surface area contributed by atoms with Crippen LogP contribution in [0.15, 0.2) is 6.07 Å². The van der Waals surface area contributed by atoms with Crippen LogP contribution in [0, 0.1) is 6.92 Å². The summed E-state index contributed by atoms with van der Waals surface area (Å²) < 4.78 is 39.1. The Hall–Kier alpha value is -2.43. The Morgan fingerprint density at radius 1 is 1.43 bits per heavy atom. The first-order valence-electron chi connectivity index (χ1n) is 6.83. The summed E-state index contributed by atoms with van der Waals surface area (Å²) in [5, 5.41) is 7.37. The van der Waals surface area contributed by atoms with E-state index in [1.807, 2.05) is 0 Å². The minimum absolute atomic E-state index is 0.139. The molecule has 0 radical (unpaired) electrons. The number of hydrogen-bond acceptors (Lipinski definition) is 6. The summed E-state index contributed by atoms with van der Waals surface area (Å²) in [5.41, 5.74) is 0.450. The number of nitrogens with one attached hydrogen (secondary N) is 1. The largest absolute Gasteiger partial charge is 0.453 e. The van der Waals surface area contributed by atoms with Gasteiger partial charge in [0, 0.05) is 11.8 Å². The first kappa shape index (κ1) is 15.5. The molecule has 1 N–H and O–H groups in total. The monoisotopic (exact) mass is 330 g/mol. The molecule has 124 valence electrons. The predicted molar refractivity (Wildman–Crippen MR) is 71.3 cm³/mol. The summed E-state index contributed by atoms with van der Waals surface area (Å²) in [6, 6.07) is 1.49. The third-order valence-electron chi connectivity index (χ3n) is 3.15. The van der Waals surface area contributed by atoms with Crippen LogP contribution < -0.4 is 5.32 Å². The van der Waals surface area contributed by atoms with Gasteiger partial charge in [-0.1, -0.05) is 0 Å². The molecule has 0 aliphatic carbocycles. The van der Waals surface area contributed by atoms with E-state index in [-0.39, 0.29) is 24.0 Å². The molecule has 23 heavy (non-hydrogen) atoms. The van der Waals surface area contributed by atoms with Crippen LogP contribution in [-0.4, -0.2) is 50.2 Å². The highest BCUT2D eigenvalue weighted by molar-refractivity contribution is 5.79. The van der Waals surface area contributed by atoms with Gasteiger partial charge in [-0.3, -0.25) is 9.63 Å². The third-order valence-corrected chi connectivity index (χ3v) is 3.15. The van der Waals surface area contributed by atoms with E-state index in [1.165, 1.54) is 11.1 Å². The van der Waals surface area contributed by atoms with Crippen molar-refractivity contribution < 1.29 is 22.8 Å². The van der Waals surface area contributed by atoms with Gasteiger partial charge in [0.1, 0.15) is 5.82 Å². The Balaban J connectivity index is 1.84. The smallest absolute Gasteiger partial charge is 0.361 e. The van der Waals surface area contributed by atoms with Crippen molar-refractivity contribution in [2.24, 2.45) is 0 Å². The highest BCUT2D eigenvalue weighted by Crippen LogP contribution is 2.27. The summed E-state index contributed by atoms with van der Waals surface area (Å²) in [4.78, 5) is 24.3. The first-order chi connectivity index (χ1) is 10.8. The summed E-state index contributed by atoms with van der Waals surface area (Å²) in [7, 11) is 0. The molecule has 0 spiro atoms. The number of carbonyl (C=O) groups excluding carboxylic acids is 1. The number of nitrogens with zero attached hydrogens (tertiary/aromatic N) is 5. The zero-order valence-electron chi connectivity index (χ0n) is 12.1. The number of fused-ring (bicyclic) bond motifs is 1. The van der Waals surface area contributed by atoms with Crippen LogP contribution in [0.3, 0.4) is 0 Å². The Kier molecular flexibility index (Phi) is 3.80. The number of aryl methyl sites for hydroxylation is 1. The van der Waals surface area contributed by atoms with Gasteiger partial charge in [-0.2, -0.15) is 22.7 Å². The van der Waals surface area contributed by atoms with Crippen LogP contribution in [0.4, 0.5) is 19.0 Å². The number of anilines is 1. The first-order valence-corrected chi connectivity index (χ1v) is 6.83. The molecule has 0 aromatic carbocycles. The second kappa shape index (κ2) is 5.65. The lowest BCUT2D eigenvalue weighted by atomic mass is 10.4. The van der Waals surface area contributed by atoms with Crippen LogP contribution in [0.5, 0.6) is 0 Å². The molecule has 3 heterocycles. The highest BCUT2D eigenvalue weighted by atomic mass is 19.4. The van der Waals surface area contributed by atoms with Crippen LogP contribution in [0.1, 0.15) is 17.9 Å². The Bertz CT molecular complexity index is 738. The molecule has 11 heteroatoms. The molecule has 1 aliphatic heterocycles. The zero-order chi connectivity index (χ0) is 16.6. The molecule has 2 aromatic rings. The molecule has 2 aromatic heterocycles. The van der Waals surface area contributed by atoms with E-state index < -0.39 is 12.0 Å². The Morgan fingerprint density at radius 2 is 2.22 bits per heavy atom. The molecule has 8 nitrogen and oxygen atoms in total. The van der Waals surface area contributed by atoms with E-state index in [0.29, 0.717) is 18.8 Å². The fourth-order valence-corrected chi connectivity index (χ4v) is 2.13. The van der Waals surface area contributed by atoms with Crippen LogP contribution >= 0.6 is 0 Å². The molecule has 0 unspecified atom stereocenters. The maximum absolute atomic E-state index is 12.7. The Labute approximate surface area is 128 Å². The zero-order valence-corrected chi connectivity index (χ0v) is 12.1. The van der Waals surface area contributed by atoms with Gasteiger partial charge in [-0.05, 0) is 13.3 Å². The minimum Gasteiger partial charge on any atom is -0.361 e. The quantitative estimate of drug-likeness (QED) is 0.905. The van der Waals surface area contributed by atoms with E-state index >= 15 is 0 Å². The van der Waals surface area contributed by atoms with Crippen molar-refractivity contribution in [1.82, 2.24) is 24.6 Å². The summed E-state index contributed by atoms with van der Waals surface area (Å²) in [6.07, 6.45) is -3.92. The lowest BCUT2D eigenvalue weighted by Gasteiger charge is -2.15. The van der Waals surface area contributed by atoms with E-state index in [4.69, 9.17) is 4.84 Å². The number of halogens is 3. The number of alkyl halides is 3. The van der Waals surface area contributed by atoms with Gasteiger partial charge in [-0.15, -0.1) is 5.10 Å². The number of hydrogen-bond donors (Lipinski definition) is 1. The van der Waals surface area contributed by atoms with Gasteiger partial charge in [0.25, 0.3) is 17.5 Å². The normalized spacial score (nSPS) is 15.4. The SMILES string of the molecule is Cc1cc(NCC(=O)N2CCCO2)n2nc(C(F)(F)F)nc2n1. The summed E-state index contributed by atoms with van der Waals surface area (Å²) >= 11 is 0. The van der Waals surface area contributed by atoms with Gasteiger partial charge in [0.2, 0.25) is 0 Å². The number of hydroxylamine groups is 2. The van der Waals surface area contributed by atoms with Gasteiger partial charge in [0.05, 0.1) is 19.7 Å². The van der Waals surface area contributed by atoms with Gasteiger partial charge in [-0.25, -0.2) is 10.0 Å². The molecule has 1 saturated heterocycles. The summed E-state index contributed by atoms with van der Waals surface area (Å²) in [5.74, 6) is -1.60. The van der Waals surface area contributed by atoms with Crippen molar-refractivity contribution in [3.63, 3.8) is 0 Å². The summed E-state index contributed by atoms with van der Waals surface area (Å²) in [6.45, 7) is 2.44. The van der Waals surface area contributed by atoms with Crippen LogP contribution in [-0.2, 0) is 15.8 Å². The number of carbonyl (C=O) groups is 1. The molecule has 1 amide bonds. The second-order valence-corrected chi connectivity index (χ2v) is 4.96. The molecule has 0 saturated carbocycles. The van der Waals surface area contributed by atoms with Crippen molar-refractivity contribution in [3.8, 4) is 0 Å². The molecule has 3 rings (SSSR count). The standard InChI is InChI=1S/C12H13F3N6O2/c1-7-5-8(16-6-9(22)20-3-2-4-23-20)21-11(17-7)18-10(19-21)12(13,14)15/h5,16H,2-4,6H2,1H3. The highest BCUT2D eigenvalue weighted by Gasteiger charge is 2.36. The maximum atomic E-state index is 12.7. The minimum atomic E-state index is -4.67. The lowest BCUT2D eigenvalue weighted by Crippen LogP contribution is -2.32. The second-order valence-electron chi connectivity index (χ2n) is 4.96. The van der Waals surface area contributed by atoms with Crippen molar-refractivity contribution in [1.29, 1.82) is 0 Å². The van der Waals surface area contributed by atoms with Gasteiger partial charge in [0.15, 0.2) is 0 Å². The molecule has 1 aliphatic rings. The van der Waals surface area contributed by atoms with Crippen LogP contribution in [0.25, 0.3) is 5.78 Å². The van der Waals surface area contributed by atoms with E-state index in [0.717, 1.165) is 10.9 Å². The predicted octanol–water partition coefficient (Wildman–Crippen LogP) is 1.03. The van der Waals surface area contributed by atoms with Crippen molar-refractivity contribution in [3.05, 3.63) is 17.6 Å². The van der Waals surface area contributed by atoms with Crippen molar-refractivity contribution >= 4 is 17.5 Å². The number of amides is 1. The molecular weight excluding hydrogens is 317 g/mol. The van der Waals surface area contributed by atoms with Crippen LogP contribution in [0.2, 0.25) is 0 Å². The van der Waals surface area contributed by atoms with E-state index in [2.05, 4.69) is 20.4 Å². The van der Waals surface area contributed by atoms with Crippen molar-refractivity contribution in [2.45, 2.75) is 19.5 Å². The number of aromatic nitrogens is 4. The van der Waals surface area contributed by atoms with Gasteiger partial charge >= 0.3 is 6.18 Å². The molecule has 0 bridgehead atoms. The topological polar surface area (TPSA) is 84.7 Å². The lowest BCUT2D eigenvalue weighted by molar-refractivity contribution is -0.166. The van der Waals surface area contributed by atoms with Crippen molar-refractivity contribution in [2.75, 3.05) is 25.0 Å². The number of rotatable bonds is 3. The van der Waals surface area contributed by atoms with E-state index in [1.54, 1.807) is 6.92 Å². The average Bonchev–Trinajstić information content (AvgIpc) is 3.12.